The van der Waals surface area contributed by atoms with Crippen molar-refractivity contribution in [2.45, 2.75) is 20.3 Å². The summed E-state index contributed by atoms with van der Waals surface area (Å²) >= 11 is 3.31. The average Bonchev–Trinajstić information content (AvgIpc) is 2.26. The molecule has 2 N–H and O–H groups in total. The molecule has 16 heavy (non-hydrogen) atoms. The molecule has 1 aromatic rings. The van der Waals surface area contributed by atoms with E-state index < -0.39 is 0 Å². The minimum atomic E-state index is 0.123. The molecule has 5 nitrogen and oxygen atoms in total. The molecule has 0 bridgehead atoms. The van der Waals surface area contributed by atoms with Gasteiger partial charge in [0.1, 0.15) is 6.07 Å². The molecule has 1 heterocycles. The zero-order valence-electron chi connectivity index (χ0n) is 9.31. The summed E-state index contributed by atoms with van der Waals surface area (Å²) in [5.41, 5.74) is 0. The van der Waals surface area contributed by atoms with Gasteiger partial charge in [0.2, 0.25) is 5.82 Å². The SMILES string of the molecule is CC(C)CCN(N)c1nc(C#N)ncc1Br. The van der Waals surface area contributed by atoms with Crippen LogP contribution >= 0.6 is 15.9 Å². The lowest BCUT2D eigenvalue weighted by Crippen LogP contribution is -2.33. The first-order valence-electron chi connectivity index (χ1n) is 4.99. The van der Waals surface area contributed by atoms with Crippen LogP contribution in [0.25, 0.3) is 0 Å². The van der Waals surface area contributed by atoms with Crippen LogP contribution in [0.3, 0.4) is 0 Å². The summed E-state index contributed by atoms with van der Waals surface area (Å²) in [6.45, 7) is 4.95. The molecule has 0 spiro atoms. The lowest BCUT2D eigenvalue weighted by atomic mass is 10.1. The van der Waals surface area contributed by atoms with Crippen molar-refractivity contribution in [1.29, 1.82) is 5.26 Å². The Morgan fingerprint density at radius 2 is 2.31 bits per heavy atom. The van der Waals surface area contributed by atoms with Gasteiger partial charge in [-0.05, 0) is 28.3 Å². The number of hydrogen-bond donors (Lipinski definition) is 1. The van der Waals surface area contributed by atoms with Crippen LogP contribution in [0.15, 0.2) is 10.7 Å². The number of hydrazine groups is 1. The molecule has 0 amide bonds. The predicted octanol–water partition coefficient (Wildman–Crippen LogP) is 1.84. The summed E-state index contributed by atoms with van der Waals surface area (Å²) in [4.78, 5) is 7.88. The molecule has 1 aromatic heterocycles. The van der Waals surface area contributed by atoms with E-state index in [2.05, 4.69) is 39.7 Å². The number of aromatic nitrogens is 2. The van der Waals surface area contributed by atoms with E-state index in [0.717, 1.165) is 6.42 Å². The van der Waals surface area contributed by atoms with E-state index in [4.69, 9.17) is 11.1 Å². The van der Waals surface area contributed by atoms with E-state index in [9.17, 15) is 0 Å². The molecular formula is C10H14BrN5. The van der Waals surface area contributed by atoms with Gasteiger partial charge in [-0.15, -0.1) is 0 Å². The van der Waals surface area contributed by atoms with Gasteiger partial charge in [0.05, 0.1) is 4.47 Å². The van der Waals surface area contributed by atoms with E-state index in [1.807, 2.05) is 6.07 Å². The molecule has 0 aliphatic heterocycles. The van der Waals surface area contributed by atoms with Gasteiger partial charge in [-0.25, -0.2) is 10.8 Å². The quantitative estimate of drug-likeness (QED) is 0.674. The standard InChI is InChI=1S/C10H14BrN5/c1-7(2)3-4-16(13)10-8(11)6-14-9(5-12)15-10/h6-7H,3-4,13H2,1-2H3. The largest absolute Gasteiger partial charge is 0.294 e. The van der Waals surface area contributed by atoms with Crippen molar-refractivity contribution in [3.63, 3.8) is 0 Å². The molecule has 6 heteroatoms. The molecule has 0 atom stereocenters. The van der Waals surface area contributed by atoms with Crippen LogP contribution < -0.4 is 10.9 Å². The van der Waals surface area contributed by atoms with Crippen molar-refractivity contribution in [2.75, 3.05) is 11.6 Å². The van der Waals surface area contributed by atoms with Gasteiger partial charge in [-0.3, -0.25) is 5.01 Å². The lowest BCUT2D eigenvalue weighted by molar-refractivity contribution is 0.574. The van der Waals surface area contributed by atoms with Crippen molar-refractivity contribution in [1.82, 2.24) is 9.97 Å². The van der Waals surface area contributed by atoms with Gasteiger partial charge in [0.15, 0.2) is 5.82 Å². The summed E-state index contributed by atoms with van der Waals surface area (Å²) in [6, 6.07) is 1.89. The molecule has 86 valence electrons. The van der Waals surface area contributed by atoms with Crippen molar-refractivity contribution in [2.24, 2.45) is 11.8 Å². The summed E-state index contributed by atoms with van der Waals surface area (Å²) in [5.74, 6) is 7.11. The maximum Gasteiger partial charge on any atom is 0.234 e. The number of hydrogen-bond acceptors (Lipinski definition) is 5. The summed E-state index contributed by atoms with van der Waals surface area (Å²) in [5, 5.41) is 10.2. The van der Waals surface area contributed by atoms with Gasteiger partial charge in [0, 0.05) is 12.7 Å². The highest BCUT2D eigenvalue weighted by Gasteiger charge is 2.10. The number of halogens is 1. The van der Waals surface area contributed by atoms with Crippen molar-refractivity contribution in [3.8, 4) is 6.07 Å². The molecule has 0 aliphatic carbocycles. The van der Waals surface area contributed by atoms with Gasteiger partial charge >= 0.3 is 0 Å². The minimum absolute atomic E-state index is 0.123. The molecule has 0 saturated heterocycles. The normalized spacial score (nSPS) is 10.2. The van der Waals surface area contributed by atoms with Crippen LogP contribution in [0.4, 0.5) is 5.82 Å². The third kappa shape index (κ3) is 3.43. The molecule has 0 fully saturated rings. The van der Waals surface area contributed by atoms with Crippen LogP contribution in [-0.4, -0.2) is 16.5 Å². The Bertz CT molecular complexity index is 399. The fourth-order valence-electron chi connectivity index (χ4n) is 1.12. The fraction of sp³-hybridized carbons (Fsp3) is 0.500. The van der Waals surface area contributed by atoms with E-state index in [0.29, 0.717) is 22.8 Å². The molecule has 0 saturated carbocycles. The van der Waals surface area contributed by atoms with Gasteiger partial charge in [-0.1, -0.05) is 13.8 Å². The van der Waals surface area contributed by atoms with Crippen molar-refractivity contribution in [3.05, 3.63) is 16.5 Å². The Balaban J connectivity index is 2.82. The Kier molecular flexibility index (Phi) is 4.65. The zero-order valence-corrected chi connectivity index (χ0v) is 10.9. The molecular weight excluding hydrogens is 270 g/mol. The van der Waals surface area contributed by atoms with Gasteiger partial charge < -0.3 is 0 Å². The third-order valence-corrected chi connectivity index (χ3v) is 2.60. The van der Waals surface area contributed by atoms with Crippen LogP contribution in [-0.2, 0) is 0 Å². The second-order valence-electron chi connectivity index (χ2n) is 3.85. The van der Waals surface area contributed by atoms with E-state index in [-0.39, 0.29) is 5.82 Å². The van der Waals surface area contributed by atoms with Crippen LogP contribution in [0.2, 0.25) is 0 Å². The number of nitrogens with zero attached hydrogens (tertiary/aromatic N) is 4. The first-order chi connectivity index (χ1) is 7.54. The highest BCUT2D eigenvalue weighted by molar-refractivity contribution is 9.10. The maximum absolute atomic E-state index is 8.70. The second kappa shape index (κ2) is 5.77. The number of nitriles is 1. The maximum atomic E-state index is 8.70. The van der Waals surface area contributed by atoms with Crippen molar-refractivity contribution < 1.29 is 0 Å². The third-order valence-electron chi connectivity index (χ3n) is 2.05. The highest BCUT2D eigenvalue weighted by Crippen LogP contribution is 2.21. The summed E-state index contributed by atoms with van der Waals surface area (Å²) < 4.78 is 0.692. The molecule has 0 aliphatic rings. The van der Waals surface area contributed by atoms with Gasteiger partial charge in [0.25, 0.3) is 0 Å². The van der Waals surface area contributed by atoms with E-state index in [1.165, 1.54) is 11.2 Å². The van der Waals surface area contributed by atoms with Crippen LogP contribution in [0, 0.1) is 17.2 Å². The smallest absolute Gasteiger partial charge is 0.234 e. The fourth-order valence-corrected chi connectivity index (χ4v) is 1.54. The first-order valence-corrected chi connectivity index (χ1v) is 5.78. The lowest BCUT2D eigenvalue weighted by Gasteiger charge is -2.19. The molecule has 0 unspecified atom stereocenters. The molecule has 0 radical (unpaired) electrons. The zero-order chi connectivity index (χ0) is 12.1. The average molecular weight is 284 g/mol. The second-order valence-corrected chi connectivity index (χ2v) is 4.71. The molecule has 0 aromatic carbocycles. The van der Waals surface area contributed by atoms with Gasteiger partial charge in [-0.2, -0.15) is 10.2 Å². The van der Waals surface area contributed by atoms with Crippen molar-refractivity contribution >= 4 is 21.7 Å². The highest BCUT2D eigenvalue weighted by atomic mass is 79.9. The minimum Gasteiger partial charge on any atom is -0.294 e. The summed E-state index contributed by atoms with van der Waals surface area (Å²) in [7, 11) is 0. The predicted molar refractivity (Wildman–Crippen MR) is 65.4 cm³/mol. The Morgan fingerprint density at radius 1 is 1.62 bits per heavy atom. The number of nitrogens with two attached hydrogens (primary N) is 1. The van der Waals surface area contributed by atoms with E-state index in [1.54, 1.807) is 0 Å². The molecule has 1 rings (SSSR count). The van der Waals surface area contributed by atoms with Crippen LogP contribution in [0.5, 0.6) is 0 Å². The Morgan fingerprint density at radius 3 is 2.88 bits per heavy atom. The number of anilines is 1. The van der Waals surface area contributed by atoms with Crippen LogP contribution in [0.1, 0.15) is 26.1 Å². The number of rotatable bonds is 4. The Hall–Kier alpha value is -1.19. The Labute approximate surface area is 103 Å². The monoisotopic (exact) mass is 283 g/mol. The van der Waals surface area contributed by atoms with E-state index >= 15 is 0 Å². The first kappa shape index (κ1) is 12.9. The summed E-state index contributed by atoms with van der Waals surface area (Å²) in [6.07, 6.45) is 2.50. The topological polar surface area (TPSA) is 78.8 Å².